The Morgan fingerprint density at radius 2 is 1.71 bits per heavy atom. The first-order valence-corrected chi connectivity index (χ1v) is 10.6. The summed E-state index contributed by atoms with van der Waals surface area (Å²) >= 11 is 1.61. The lowest BCUT2D eigenvalue weighted by Gasteiger charge is -2.36. The number of hydrogen-bond donors (Lipinski definition) is 0. The third kappa shape index (κ3) is 4.09. The Morgan fingerprint density at radius 1 is 1.00 bits per heavy atom. The Kier molecular flexibility index (Phi) is 5.44. The summed E-state index contributed by atoms with van der Waals surface area (Å²) in [7, 11) is 0. The lowest BCUT2D eigenvalue weighted by Crippen LogP contribution is -2.49. The summed E-state index contributed by atoms with van der Waals surface area (Å²) in [5.74, 6) is 0.171. The van der Waals surface area contributed by atoms with Crippen molar-refractivity contribution in [3.05, 3.63) is 70.7 Å². The lowest BCUT2D eigenvalue weighted by atomic mass is 10.1. The van der Waals surface area contributed by atoms with Gasteiger partial charge < -0.3 is 9.80 Å². The number of piperazine rings is 1. The average molecular weight is 392 g/mol. The molecule has 0 aliphatic carbocycles. The summed E-state index contributed by atoms with van der Waals surface area (Å²) in [6.07, 6.45) is 0.382. The molecule has 1 amide bonds. The Hall–Kier alpha value is -2.66. The van der Waals surface area contributed by atoms with E-state index in [1.54, 1.807) is 11.3 Å². The number of carbonyl (C=O) groups is 1. The third-order valence-corrected chi connectivity index (χ3v) is 6.21. The number of para-hydroxylation sites is 1. The summed E-state index contributed by atoms with van der Waals surface area (Å²) in [5, 5.41) is 2.99. The van der Waals surface area contributed by atoms with Gasteiger partial charge in [0.1, 0.15) is 5.01 Å². The largest absolute Gasteiger partial charge is 0.368 e. The van der Waals surface area contributed by atoms with Gasteiger partial charge in [0, 0.05) is 42.8 Å². The molecule has 0 bridgehead atoms. The molecular formula is C23H25N3OS. The van der Waals surface area contributed by atoms with Crippen LogP contribution in [0.2, 0.25) is 0 Å². The summed E-state index contributed by atoms with van der Waals surface area (Å²) in [6.45, 7) is 7.50. The monoisotopic (exact) mass is 391 g/mol. The Labute approximate surface area is 170 Å². The fourth-order valence-corrected chi connectivity index (χ4v) is 4.42. The van der Waals surface area contributed by atoms with Gasteiger partial charge in [-0.25, -0.2) is 4.98 Å². The van der Waals surface area contributed by atoms with E-state index in [1.165, 1.54) is 16.8 Å². The molecule has 28 heavy (non-hydrogen) atoms. The van der Waals surface area contributed by atoms with Crippen LogP contribution in [-0.2, 0) is 11.2 Å². The maximum absolute atomic E-state index is 12.7. The molecule has 1 saturated heterocycles. The summed E-state index contributed by atoms with van der Waals surface area (Å²) in [4.78, 5) is 21.8. The Morgan fingerprint density at radius 3 is 2.43 bits per heavy atom. The molecule has 2 heterocycles. The van der Waals surface area contributed by atoms with Crippen LogP contribution in [0.25, 0.3) is 10.6 Å². The number of nitrogens with zero attached hydrogens (tertiary/aromatic N) is 3. The van der Waals surface area contributed by atoms with Gasteiger partial charge >= 0.3 is 0 Å². The minimum Gasteiger partial charge on any atom is -0.368 e. The number of carbonyl (C=O) groups excluding carboxylic acids is 1. The fraction of sp³-hybridized carbons (Fsp3) is 0.304. The van der Waals surface area contributed by atoms with Gasteiger partial charge in [-0.05, 0) is 25.5 Å². The summed E-state index contributed by atoms with van der Waals surface area (Å²) < 4.78 is 0. The van der Waals surface area contributed by atoms with Crippen molar-refractivity contribution in [2.45, 2.75) is 20.3 Å². The number of thiazole rings is 1. The Bertz CT molecular complexity index is 956. The van der Waals surface area contributed by atoms with E-state index < -0.39 is 0 Å². The van der Waals surface area contributed by atoms with Gasteiger partial charge in [-0.15, -0.1) is 11.3 Å². The van der Waals surface area contributed by atoms with Gasteiger partial charge in [0.25, 0.3) is 0 Å². The molecule has 0 unspecified atom stereocenters. The van der Waals surface area contributed by atoms with E-state index in [2.05, 4.69) is 72.3 Å². The molecule has 2 aromatic carbocycles. The summed E-state index contributed by atoms with van der Waals surface area (Å²) in [5.41, 5.74) is 5.78. The van der Waals surface area contributed by atoms with E-state index in [-0.39, 0.29) is 5.91 Å². The molecule has 0 atom stereocenters. The molecule has 1 aliphatic heterocycles. The zero-order chi connectivity index (χ0) is 19.5. The number of hydrogen-bond acceptors (Lipinski definition) is 4. The molecule has 0 radical (unpaired) electrons. The van der Waals surface area contributed by atoms with Crippen molar-refractivity contribution in [2.75, 3.05) is 31.1 Å². The topological polar surface area (TPSA) is 36.4 Å². The van der Waals surface area contributed by atoms with Crippen molar-refractivity contribution in [3.63, 3.8) is 0 Å². The molecule has 5 heteroatoms. The van der Waals surface area contributed by atoms with Crippen molar-refractivity contribution < 1.29 is 4.79 Å². The van der Waals surface area contributed by atoms with Gasteiger partial charge in [0.15, 0.2) is 0 Å². The van der Waals surface area contributed by atoms with Crippen LogP contribution in [-0.4, -0.2) is 42.0 Å². The number of aromatic nitrogens is 1. The van der Waals surface area contributed by atoms with Gasteiger partial charge in [-0.1, -0.05) is 48.0 Å². The molecule has 0 spiro atoms. The standard InChI is InChI=1S/C23H25N3OS/c1-17-7-9-19(10-8-17)23-24-20(16-28-23)15-22(27)26-13-11-25(12-14-26)21-6-4-3-5-18(21)2/h3-10,16H,11-15H2,1-2H3. The normalized spacial score (nSPS) is 14.4. The lowest BCUT2D eigenvalue weighted by molar-refractivity contribution is -0.130. The highest BCUT2D eigenvalue weighted by atomic mass is 32.1. The van der Waals surface area contributed by atoms with Crippen LogP contribution in [0.3, 0.4) is 0 Å². The van der Waals surface area contributed by atoms with Crippen LogP contribution in [0.15, 0.2) is 53.9 Å². The zero-order valence-corrected chi connectivity index (χ0v) is 17.2. The van der Waals surface area contributed by atoms with E-state index in [0.717, 1.165) is 42.4 Å². The summed E-state index contributed by atoms with van der Waals surface area (Å²) in [6, 6.07) is 16.8. The first-order valence-electron chi connectivity index (χ1n) is 9.70. The third-order valence-electron chi connectivity index (χ3n) is 5.27. The van der Waals surface area contributed by atoms with Crippen LogP contribution < -0.4 is 4.90 Å². The molecule has 0 N–H and O–H groups in total. The molecule has 1 fully saturated rings. The second-order valence-electron chi connectivity index (χ2n) is 7.34. The van der Waals surface area contributed by atoms with Crippen molar-refractivity contribution in [1.29, 1.82) is 0 Å². The van der Waals surface area contributed by atoms with Gasteiger partial charge in [0.05, 0.1) is 12.1 Å². The highest BCUT2D eigenvalue weighted by molar-refractivity contribution is 7.13. The smallest absolute Gasteiger partial charge is 0.228 e. The van der Waals surface area contributed by atoms with Crippen molar-refractivity contribution >= 4 is 22.9 Å². The molecule has 1 aliphatic rings. The van der Waals surface area contributed by atoms with Gasteiger partial charge in [0.2, 0.25) is 5.91 Å². The van der Waals surface area contributed by atoms with Crippen LogP contribution >= 0.6 is 11.3 Å². The fourth-order valence-electron chi connectivity index (χ4n) is 3.60. The molecule has 4 rings (SSSR count). The predicted molar refractivity (Wildman–Crippen MR) is 116 cm³/mol. The molecule has 4 nitrogen and oxygen atoms in total. The first kappa shape index (κ1) is 18.7. The molecule has 0 saturated carbocycles. The second-order valence-corrected chi connectivity index (χ2v) is 8.20. The van der Waals surface area contributed by atoms with E-state index in [1.807, 2.05) is 10.3 Å². The molecule has 144 valence electrons. The Balaban J connectivity index is 1.35. The van der Waals surface area contributed by atoms with Crippen LogP contribution in [0, 0.1) is 13.8 Å². The van der Waals surface area contributed by atoms with E-state index in [9.17, 15) is 4.79 Å². The zero-order valence-electron chi connectivity index (χ0n) is 16.4. The average Bonchev–Trinajstić information content (AvgIpc) is 3.17. The molecule has 1 aromatic heterocycles. The van der Waals surface area contributed by atoms with Crippen LogP contribution in [0.4, 0.5) is 5.69 Å². The number of anilines is 1. The highest BCUT2D eigenvalue weighted by Crippen LogP contribution is 2.25. The van der Waals surface area contributed by atoms with Gasteiger partial charge in [-0.3, -0.25) is 4.79 Å². The molecule has 3 aromatic rings. The first-order chi connectivity index (χ1) is 13.6. The number of aryl methyl sites for hydroxylation is 2. The quantitative estimate of drug-likeness (QED) is 0.665. The predicted octanol–water partition coefficient (Wildman–Crippen LogP) is 4.32. The molecular weight excluding hydrogens is 366 g/mol. The van der Waals surface area contributed by atoms with E-state index in [4.69, 9.17) is 0 Å². The maximum atomic E-state index is 12.7. The van der Waals surface area contributed by atoms with Crippen LogP contribution in [0.5, 0.6) is 0 Å². The number of benzene rings is 2. The number of rotatable bonds is 4. The van der Waals surface area contributed by atoms with Crippen molar-refractivity contribution in [1.82, 2.24) is 9.88 Å². The van der Waals surface area contributed by atoms with Gasteiger partial charge in [-0.2, -0.15) is 0 Å². The van der Waals surface area contributed by atoms with E-state index in [0.29, 0.717) is 6.42 Å². The SMILES string of the molecule is Cc1ccc(-c2nc(CC(=O)N3CCN(c4ccccc4C)CC3)cs2)cc1. The maximum Gasteiger partial charge on any atom is 0.228 e. The number of amides is 1. The second kappa shape index (κ2) is 8.15. The minimum absolute atomic E-state index is 0.171. The van der Waals surface area contributed by atoms with Crippen LogP contribution in [0.1, 0.15) is 16.8 Å². The highest BCUT2D eigenvalue weighted by Gasteiger charge is 2.22. The van der Waals surface area contributed by atoms with Crippen molar-refractivity contribution in [3.8, 4) is 10.6 Å². The minimum atomic E-state index is 0.171. The van der Waals surface area contributed by atoms with Crippen molar-refractivity contribution in [2.24, 2.45) is 0 Å². The van der Waals surface area contributed by atoms with E-state index >= 15 is 0 Å².